The number of benzene rings is 2. The fraction of sp³-hybridized carbons (Fsp3) is 0.409. The van der Waals surface area contributed by atoms with Crippen molar-refractivity contribution in [1.29, 1.82) is 0 Å². The molecule has 1 saturated heterocycles. The maximum atomic E-state index is 11.6. The lowest BCUT2D eigenvalue weighted by Gasteiger charge is -2.44. The van der Waals surface area contributed by atoms with Gasteiger partial charge < -0.3 is 4.79 Å². The maximum Gasteiger partial charge on any atom is 0.140 e. The van der Waals surface area contributed by atoms with Gasteiger partial charge in [0.15, 0.2) is 0 Å². The first-order valence-electron chi connectivity index (χ1n) is 9.31. The standard InChI is InChI=1S/C22H26N2O/c25-18-21(11-12-21)23-22(20-9-5-2-6-10-20)13-15-24(16-14-22)17-19-7-3-1-4-8-19/h1-10,18,23H,11-17H2. The van der Waals surface area contributed by atoms with Gasteiger partial charge in [-0.1, -0.05) is 60.7 Å². The van der Waals surface area contributed by atoms with Crippen molar-refractivity contribution in [2.24, 2.45) is 0 Å². The summed E-state index contributed by atoms with van der Waals surface area (Å²) in [6.45, 7) is 3.10. The number of nitrogens with zero attached hydrogens (tertiary/aromatic N) is 1. The van der Waals surface area contributed by atoms with E-state index >= 15 is 0 Å². The summed E-state index contributed by atoms with van der Waals surface area (Å²) in [6.07, 6.45) is 5.16. The number of likely N-dealkylation sites (tertiary alicyclic amines) is 1. The van der Waals surface area contributed by atoms with Gasteiger partial charge in [0.05, 0.1) is 5.54 Å². The van der Waals surface area contributed by atoms with Crippen LogP contribution in [0, 0.1) is 0 Å². The molecule has 0 unspecified atom stereocenters. The Morgan fingerprint density at radius 2 is 1.48 bits per heavy atom. The van der Waals surface area contributed by atoms with Crippen LogP contribution in [0.4, 0.5) is 0 Å². The molecule has 1 saturated carbocycles. The molecule has 2 aromatic rings. The number of carbonyl (C=O) groups excluding carboxylic acids is 1. The molecular formula is C22H26N2O. The van der Waals surface area contributed by atoms with E-state index in [1.54, 1.807) is 0 Å². The summed E-state index contributed by atoms with van der Waals surface area (Å²) in [6, 6.07) is 21.4. The predicted molar refractivity (Wildman–Crippen MR) is 100 cm³/mol. The van der Waals surface area contributed by atoms with Crippen LogP contribution < -0.4 is 5.32 Å². The highest BCUT2D eigenvalue weighted by molar-refractivity contribution is 5.69. The van der Waals surface area contributed by atoms with Gasteiger partial charge in [-0.15, -0.1) is 0 Å². The first-order valence-corrected chi connectivity index (χ1v) is 9.31. The molecule has 1 N–H and O–H groups in total. The van der Waals surface area contributed by atoms with Gasteiger partial charge in [0.25, 0.3) is 0 Å². The van der Waals surface area contributed by atoms with Crippen molar-refractivity contribution in [2.45, 2.75) is 43.3 Å². The Morgan fingerprint density at radius 1 is 0.880 bits per heavy atom. The van der Waals surface area contributed by atoms with Crippen molar-refractivity contribution in [3.05, 3.63) is 71.8 Å². The van der Waals surface area contributed by atoms with Gasteiger partial charge in [-0.05, 0) is 36.8 Å². The molecule has 0 atom stereocenters. The van der Waals surface area contributed by atoms with Crippen LogP contribution in [0.2, 0.25) is 0 Å². The Morgan fingerprint density at radius 3 is 2.04 bits per heavy atom. The summed E-state index contributed by atoms with van der Waals surface area (Å²) in [7, 11) is 0. The predicted octanol–water partition coefficient (Wildman–Crippen LogP) is 3.50. The Hall–Kier alpha value is -1.97. The molecule has 4 rings (SSSR count). The molecule has 0 amide bonds. The number of hydrogen-bond acceptors (Lipinski definition) is 3. The number of piperidine rings is 1. The Kier molecular flexibility index (Phi) is 4.45. The molecule has 0 bridgehead atoms. The van der Waals surface area contributed by atoms with Crippen LogP contribution in [-0.2, 0) is 16.9 Å². The third-order valence-corrected chi connectivity index (χ3v) is 5.79. The largest absolute Gasteiger partial charge is 0.301 e. The summed E-state index contributed by atoms with van der Waals surface area (Å²) in [5.41, 5.74) is 2.33. The summed E-state index contributed by atoms with van der Waals surface area (Å²) >= 11 is 0. The minimum absolute atomic E-state index is 0.0775. The number of nitrogens with one attached hydrogen (secondary N) is 1. The van der Waals surface area contributed by atoms with E-state index in [0.717, 1.165) is 51.6 Å². The fourth-order valence-corrected chi connectivity index (χ4v) is 4.06. The molecule has 1 heterocycles. The Bertz CT molecular complexity index is 701. The highest BCUT2D eigenvalue weighted by Gasteiger charge is 2.49. The molecule has 1 aliphatic heterocycles. The van der Waals surface area contributed by atoms with Crippen LogP contribution in [0.3, 0.4) is 0 Å². The molecule has 0 aromatic heterocycles. The molecule has 130 valence electrons. The van der Waals surface area contributed by atoms with Gasteiger partial charge in [-0.2, -0.15) is 0 Å². The molecule has 2 fully saturated rings. The lowest BCUT2D eigenvalue weighted by atomic mass is 9.80. The Balaban J connectivity index is 1.50. The van der Waals surface area contributed by atoms with Crippen molar-refractivity contribution < 1.29 is 4.79 Å². The number of aldehydes is 1. The quantitative estimate of drug-likeness (QED) is 0.821. The zero-order chi connectivity index (χ0) is 17.2. The lowest BCUT2D eigenvalue weighted by molar-refractivity contribution is -0.111. The van der Waals surface area contributed by atoms with Crippen LogP contribution in [0.25, 0.3) is 0 Å². The van der Waals surface area contributed by atoms with E-state index in [-0.39, 0.29) is 11.1 Å². The summed E-state index contributed by atoms with van der Waals surface area (Å²) in [5, 5.41) is 3.78. The van der Waals surface area contributed by atoms with E-state index in [1.165, 1.54) is 11.1 Å². The van der Waals surface area contributed by atoms with Crippen LogP contribution in [0.1, 0.15) is 36.8 Å². The topological polar surface area (TPSA) is 32.3 Å². The molecule has 1 aliphatic carbocycles. The van der Waals surface area contributed by atoms with Gasteiger partial charge in [-0.3, -0.25) is 10.2 Å². The number of hydrogen-bond donors (Lipinski definition) is 1. The molecule has 3 heteroatoms. The fourth-order valence-electron chi connectivity index (χ4n) is 4.06. The van der Waals surface area contributed by atoms with Gasteiger partial charge >= 0.3 is 0 Å². The molecule has 2 aliphatic rings. The van der Waals surface area contributed by atoms with Crippen LogP contribution in [0.15, 0.2) is 60.7 Å². The van der Waals surface area contributed by atoms with Gasteiger partial charge in [0.1, 0.15) is 6.29 Å². The summed E-state index contributed by atoms with van der Waals surface area (Å²) in [4.78, 5) is 14.1. The van der Waals surface area contributed by atoms with Crippen molar-refractivity contribution >= 4 is 6.29 Å². The van der Waals surface area contributed by atoms with Gasteiger partial charge in [0, 0.05) is 25.2 Å². The number of rotatable bonds is 6. The van der Waals surface area contributed by atoms with Crippen molar-refractivity contribution in [1.82, 2.24) is 10.2 Å². The van der Waals surface area contributed by atoms with Crippen LogP contribution in [-0.4, -0.2) is 29.8 Å². The van der Waals surface area contributed by atoms with E-state index < -0.39 is 0 Å². The highest BCUT2D eigenvalue weighted by Crippen LogP contribution is 2.42. The van der Waals surface area contributed by atoms with E-state index in [4.69, 9.17) is 0 Å². The summed E-state index contributed by atoms with van der Waals surface area (Å²) < 4.78 is 0. The second-order valence-electron chi connectivity index (χ2n) is 7.61. The van der Waals surface area contributed by atoms with Crippen LogP contribution in [0.5, 0.6) is 0 Å². The first kappa shape index (κ1) is 16.5. The minimum Gasteiger partial charge on any atom is -0.301 e. The Labute approximate surface area is 150 Å². The van der Waals surface area contributed by atoms with Crippen molar-refractivity contribution in [2.75, 3.05) is 13.1 Å². The van der Waals surface area contributed by atoms with E-state index in [0.29, 0.717) is 0 Å². The second-order valence-corrected chi connectivity index (χ2v) is 7.61. The highest BCUT2D eigenvalue weighted by atomic mass is 16.1. The molecule has 0 radical (unpaired) electrons. The van der Waals surface area contributed by atoms with Crippen molar-refractivity contribution in [3.63, 3.8) is 0 Å². The molecule has 3 nitrogen and oxygen atoms in total. The molecular weight excluding hydrogens is 308 g/mol. The third kappa shape index (κ3) is 3.53. The average Bonchev–Trinajstić information content (AvgIpc) is 3.45. The normalized spacial score (nSPS) is 21.6. The zero-order valence-electron chi connectivity index (χ0n) is 14.7. The van der Waals surface area contributed by atoms with Crippen LogP contribution >= 0.6 is 0 Å². The van der Waals surface area contributed by atoms with Crippen molar-refractivity contribution in [3.8, 4) is 0 Å². The SMILES string of the molecule is O=CC1(NC2(c3ccccc3)CCN(Cc3ccccc3)CC2)CC1. The van der Waals surface area contributed by atoms with Gasteiger partial charge in [0.2, 0.25) is 0 Å². The first-order chi connectivity index (χ1) is 12.2. The zero-order valence-corrected chi connectivity index (χ0v) is 14.7. The lowest BCUT2D eigenvalue weighted by Crippen LogP contribution is -2.55. The summed E-state index contributed by atoms with van der Waals surface area (Å²) in [5.74, 6) is 0. The molecule has 25 heavy (non-hydrogen) atoms. The monoisotopic (exact) mass is 334 g/mol. The second kappa shape index (κ2) is 6.74. The average molecular weight is 334 g/mol. The maximum absolute atomic E-state index is 11.6. The minimum atomic E-state index is -0.280. The van der Waals surface area contributed by atoms with E-state index in [9.17, 15) is 4.79 Å². The number of carbonyl (C=O) groups is 1. The molecule has 2 aromatic carbocycles. The molecule has 0 spiro atoms. The van der Waals surface area contributed by atoms with E-state index in [2.05, 4.69) is 70.9 Å². The van der Waals surface area contributed by atoms with E-state index in [1.807, 2.05) is 0 Å². The van der Waals surface area contributed by atoms with Gasteiger partial charge in [-0.25, -0.2) is 0 Å². The third-order valence-electron chi connectivity index (χ3n) is 5.79. The smallest absolute Gasteiger partial charge is 0.140 e.